The van der Waals surface area contributed by atoms with E-state index < -0.39 is 0 Å². The first-order valence-electron chi connectivity index (χ1n) is 6.70. The molecule has 4 nitrogen and oxygen atoms in total. The van der Waals surface area contributed by atoms with Gasteiger partial charge in [-0.25, -0.2) is 9.67 Å². The zero-order valence-corrected chi connectivity index (χ0v) is 13.7. The van der Waals surface area contributed by atoms with Crippen LogP contribution in [0.15, 0.2) is 58.5 Å². The minimum Gasteiger partial charge on any atom is -0.420 e. The summed E-state index contributed by atoms with van der Waals surface area (Å²) >= 11 is 7.78. The molecular formula is C16H14ClN3OS. The van der Waals surface area contributed by atoms with E-state index in [-0.39, 0.29) is 0 Å². The van der Waals surface area contributed by atoms with Crippen LogP contribution in [-0.4, -0.2) is 14.8 Å². The molecule has 0 bridgehead atoms. The smallest absolute Gasteiger partial charge is 0.234 e. The van der Waals surface area contributed by atoms with Crippen molar-refractivity contribution in [3.05, 3.63) is 59.4 Å². The van der Waals surface area contributed by atoms with Crippen LogP contribution in [0.1, 0.15) is 5.69 Å². The summed E-state index contributed by atoms with van der Waals surface area (Å²) in [4.78, 5) is 6.09. The van der Waals surface area contributed by atoms with Crippen molar-refractivity contribution in [3.8, 4) is 11.8 Å². The summed E-state index contributed by atoms with van der Waals surface area (Å²) < 4.78 is 7.61. The van der Waals surface area contributed by atoms with E-state index in [9.17, 15) is 0 Å². The lowest BCUT2D eigenvalue weighted by Crippen LogP contribution is -1.96. The third-order valence-corrected chi connectivity index (χ3v) is 4.70. The van der Waals surface area contributed by atoms with Crippen molar-refractivity contribution in [3.63, 3.8) is 0 Å². The minimum atomic E-state index is 0.534. The van der Waals surface area contributed by atoms with Crippen molar-refractivity contribution in [1.82, 2.24) is 14.8 Å². The van der Waals surface area contributed by atoms with Gasteiger partial charge in [-0.3, -0.25) is 0 Å². The van der Waals surface area contributed by atoms with E-state index in [2.05, 4.69) is 10.1 Å². The number of halogens is 1. The number of nitrogens with zero attached hydrogens (tertiary/aromatic N) is 3. The van der Waals surface area contributed by atoms with Crippen LogP contribution in [0.2, 0.25) is 5.02 Å². The molecule has 1 aromatic carbocycles. The van der Waals surface area contributed by atoms with E-state index >= 15 is 0 Å². The average molecular weight is 332 g/mol. The van der Waals surface area contributed by atoms with Gasteiger partial charge in [0.15, 0.2) is 0 Å². The Bertz CT molecular complexity index is 789. The maximum Gasteiger partial charge on any atom is 0.234 e. The summed E-state index contributed by atoms with van der Waals surface area (Å²) in [5.74, 6) is 1.19. The Labute approximate surface area is 138 Å². The van der Waals surface area contributed by atoms with Crippen molar-refractivity contribution in [2.75, 3.05) is 0 Å². The van der Waals surface area contributed by atoms with Crippen molar-refractivity contribution in [2.45, 2.75) is 16.7 Å². The summed E-state index contributed by atoms with van der Waals surface area (Å²) in [5, 5.41) is 5.14. The highest BCUT2D eigenvalue weighted by molar-refractivity contribution is 7.99. The van der Waals surface area contributed by atoms with Gasteiger partial charge < -0.3 is 4.74 Å². The zero-order valence-electron chi connectivity index (χ0n) is 12.2. The molecule has 0 N–H and O–H groups in total. The highest BCUT2D eigenvalue weighted by Crippen LogP contribution is 2.41. The van der Waals surface area contributed by atoms with E-state index in [0.717, 1.165) is 15.5 Å². The van der Waals surface area contributed by atoms with Crippen LogP contribution in [0, 0.1) is 6.92 Å². The number of aryl methyl sites for hydroxylation is 2. The molecule has 2 heterocycles. The fourth-order valence-electron chi connectivity index (χ4n) is 1.99. The summed E-state index contributed by atoms with van der Waals surface area (Å²) in [6, 6.07) is 13.3. The predicted molar refractivity (Wildman–Crippen MR) is 87.8 cm³/mol. The van der Waals surface area contributed by atoms with Crippen LogP contribution in [0.4, 0.5) is 0 Å². The number of hydrogen-bond acceptors (Lipinski definition) is 4. The van der Waals surface area contributed by atoms with Gasteiger partial charge in [-0.2, -0.15) is 5.10 Å². The summed E-state index contributed by atoms with van der Waals surface area (Å²) in [6.07, 6.45) is 1.69. The number of ether oxygens (including phenoxy) is 1. The highest BCUT2D eigenvalue weighted by Gasteiger charge is 2.18. The molecule has 0 saturated carbocycles. The first-order chi connectivity index (χ1) is 10.6. The van der Waals surface area contributed by atoms with Crippen LogP contribution in [-0.2, 0) is 7.05 Å². The maximum atomic E-state index is 6.24. The molecule has 0 amide bonds. The Morgan fingerprint density at radius 3 is 2.64 bits per heavy atom. The zero-order chi connectivity index (χ0) is 15.5. The Kier molecular flexibility index (Phi) is 4.36. The van der Waals surface area contributed by atoms with Gasteiger partial charge in [0.05, 0.1) is 15.6 Å². The second kappa shape index (κ2) is 6.42. The first kappa shape index (κ1) is 14.9. The molecule has 0 atom stereocenters. The van der Waals surface area contributed by atoms with E-state index in [1.807, 2.05) is 56.4 Å². The second-order valence-corrected chi connectivity index (χ2v) is 6.11. The topological polar surface area (TPSA) is 39.9 Å². The molecule has 0 aliphatic rings. The summed E-state index contributed by atoms with van der Waals surface area (Å²) in [6.45, 7) is 1.95. The minimum absolute atomic E-state index is 0.534. The van der Waals surface area contributed by atoms with Gasteiger partial charge in [0.25, 0.3) is 0 Å². The van der Waals surface area contributed by atoms with Gasteiger partial charge in [0.1, 0.15) is 0 Å². The Morgan fingerprint density at radius 2 is 1.91 bits per heavy atom. The van der Waals surface area contributed by atoms with Crippen LogP contribution >= 0.6 is 23.4 Å². The van der Waals surface area contributed by atoms with E-state index in [0.29, 0.717) is 16.8 Å². The highest BCUT2D eigenvalue weighted by atomic mass is 35.5. The van der Waals surface area contributed by atoms with Crippen molar-refractivity contribution < 1.29 is 4.74 Å². The van der Waals surface area contributed by atoms with Crippen molar-refractivity contribution >= 4 is 23.4 Å². The number of rotatable bonds is 4. The number of hydrogen-bond donors (Lipinski definition) is 0. The molecule has 2 aromatic heterocycles. The van der Waals surface area contributed by atoms with Gasteiger partial charge in [-0.15, -0.1) is 0 Å². The third kappa shape index (κ3) is 3.10. The molecule has 0 unspecified atom stereocenters. The van der Waals surface area contributed by atoms with Gasteiger partial charge in [-0.05, 0) is 25.1 Å². The van der Waals surface area contributed by atoms with Gasteiger partial charge in [0, 0.05) is 24.2 Å². The molecule has 22 heavy (non-hydrogen) atoms. The lowest BCUT2D eigenvalue weighted by atomic mass is 10.4. The molecule has 3 rings (SSSR count). The van der Waals surface area contributed by atoms with Crippen LogP contribution in [0.5, 0.6) is 11.8 Å². The largest absolute Gasteiger partial charge is 0.420 e. The molecule has 3 aromatic rings. The Balaban J connectivity index is 1.96. The van der Waals surface area contributed by atoms with E-state index in [4.69, 9.17) is 16.3 Å². The van der Waals surface area contributed by atoms with Crippen molar-refractivity contribution in [2.24, 2.45) is 7.05 Å². The molecule has 0 aliphatic heterocycles. The Morgan fingerprint density at radius 1 is 1.14 bits per heavy atom. The van der Waals surface area contributed by atoms with Gasteiger partial charge in [-0.1, -0.05) is 41.6 Å². The molecule has 0 fully saturated rings. The molecule has 0 aliphatic carbocycles. The molecular weight excluding hydrogens is 318 g/mol. The maximum absolute atomic E-state index is 6.24. The quantitative estimate of drug-likeness (QED) is 0.693. The molecule has 0 spiro atoms. The monoisotopic (exact) mass is 331 g/mol. The lowest BCUT2D eigenvalue weighted by Gasteiger charge is -2.08. The van der Waals surface area contributed by atoms with E-state index in [1.165, 1.54) is 11.8 Å². The number of aromatic nitrogens is 3. The second-order valence-electron chi connectivity index (χ2n) is 4.65. The Hall–Kier alpha value is -1.98. The SMILES string of the molecule is Cc1nn(C)c(Oc2ccccn2)c1Sc1ccccc1Cl. The number of pyridine rings is 1. The van der Waals surface area contributed by atoms with E-state index in [1.54, 1.807) is 10.9 Å². The van der Waals surface area contributed by atoms with Crippen LogP contribution in [0.25, 0.3) is 0 Å². The molecule has 0 radical (unpaired) electrons. The third-order valence-electron chi connectivity index (χ3n) is 3.00. The lowest BCUT2D eigenvalue weighted by molar-refractivity contribution is 0.406. The first-order valence-corrected chi connectivity index (χ1v) is 7.89. The van der Waals surface area contributed by atoms with Crippen molar-refractivity contribution in [1.29, 1.82) is 0 Å². The summed E-state index contributed by atoms with van der Waals surface area (Å²) in [7, 11) is 1.85. The normalized spacial score (nSPS) is 10.7. The molecule has 112 valence electrons. The van der Waals surface area contributed by atoms with Gasteiger partial charge >= 0.3 is 0 Å². The fourth-order valence-corrected chi connectivity index (χ4v) is 3.22. The number of benzene rings is 1. The predicted octanol–water partition coefficient (Wildman–Crippen LogP) is 4.72. The molecule has 6 heteroatoms. The fraction of sp³-hybridized carbons (Fsp3) is 0.125. The summed E-state index contributed by atoms with van der Waals surface area (Å²) in [5.41, 5.74) is 0.887. The standard InChI is InChI=1S/C16H14ClN3OS/c1-11-15(22-13-8-4-3-7-12(13)17)16(20(2)19-11)21-14-9-5-6-10-18-14/h3-10H,1-2H3. The van der Waals surface area contributed by atoms with Crippen LogP contribution < -0.4 is 4.74 Å². The van der Waals surface area contributed by atoms with Crippen LogP contribution in [0.3, 0.4) is 0 Å². The van der Waals surface area contributed by atoms with Gasteiger partial charge in [0.2, 0.25) is 11.8 Å². The average Bonchev–Trinajstić information content (AvgIpc) is 2.77. The molecule has 0 saturated heterocycles.